The number of ether oxygens (including phenoxy) is 2. The highest BCUT2D eigenvalue weighted by Crippen LogP contribution is 2.41. The van der Waals surface area contributed by atoms with Crippen LogP contribution >= 0.6 is 0 Å². The Morgan fingerprint density at radius 3 is 2.74 bits per heavy atom. The quantitative estimate of drug-likeness (QED) is 0.548. The molecule has 0 spiro atoms. The van der Waals surface area contributed by atoms with Crippen molar-refractivity contribution in [3.8, 4) is 5.75 Å². The van der Waals surface area contributed by atoms with E-state index in [1.54, 1.807) is 13.3 Å². The van der Waals surface area contributed by atoms with Gasteiger partial charge in [0.1, 0.15) is 5.69 Å². The van der Waals surface area contributed by atoms with Crippen molar-refractivity contribution in [1.29, 1.82) is 0 Å². The van der Waals surface area contributed by atoms with Crippen molar-refractivity contribution < 1.29 is 9.47 Å². The van der Waals surface area contributed by atoms with Crippen molar-refractivity contribution in [2.45, 2.75) is 45.4 Å². The summed E-state index contributed by atoms with van der Waals surface area (Å²) < 4.78 is 13.2. The van der Waals surface area contributed by atoms with Gasteiger partial charge < -0.3 is 9.47 Å². The molecule has 0 aliphatic heterocycles. The minimum Gasteiger partial charge on any atom is -0.493 e. The molecule has 2 unspecified atom stereocenters. The minimum atomic E-state index is -0.0927. The number of aryl methyl sites for hydroxylation is 1. The molecule has 1 saturated carbocycles. The first-order valence-electron chi connectivity index (χ1n) is 6.94. The number of nitrogens with one attached hydrogen (secondary N) is 1. The Labute approximate surface area is 114 Å². The molecular weight excluding hydrogens is 244 g/mol. The van der Waals surface area contributed by atoms with Crippen LogP contribution < -0.4 is 16.0 Å². The fourth-order valence-corrected chi connectivity index (χ4v) is 2.55. The zero-order chi connectivity index (χ0) is 13.8. The summed E-state index contributed by atoms with van der Waals surface area (Å²) in [6.45, 7) is 5.52. The maximum atomic E-state index is 5.90. The van der Waals surface area contributed by atoms with Crippen LogP contribution in [0.2, 0.25) is 0 Å². The molecule has 1 aromatic rings. The standard InChI is InChI=1S/C13H24N4O2/c1-4-17-12(10(18-3)8-15-17)11(16-14)13(19-5-2)9-6-7-9/h8-9,11,13,16H,4-7,14H2,1-3H3. The summed E-state index contributed by atoms with van der Waals surface area (Å²) >= 11 is 0. The molecule has 19 heavy (non-hydrogen) atoms. The van der Waals surface area contributed by atoms with Crippen LogP contribution in [0.15, 0.2) is 6.20 Å². The Morgan fingerprint density at radius 2 is 2.26 bits per heavy atom. The fraction of sp³-hybridized carbons (Fsp3) is 0.769. The summed E-state index contributed by atoms with van der Waals surface area (Å²) in [5.74, 6) is 7.12. The lowest BCUT2D eigenvalue weighted by Crippen LogP contribution is -2.40. The summed E-state index contributed by atoms with van der Waals surface area (Å²) in [4.78, 5) is 0. The smallest absolute Gasteiger partial charge is 0.161 e. The van der Waals surface area contributed by atoms with E-state index >= 15 is 0 Å². The second-order valence-corrected chi connectivity index (χ2v) is 4.82. The second kappa shape index (κ2) is 6.36. The Hall–Kier alpha value is -1.11. The van der Waals surface area contributed by atoms with Crippen LogP contribution in [0.5, 0.6) is 5.75 Å². The summed E-state index contributed by atoms with van der Waals surface area (Å²) in [6.07, 6.45) is 4.21. The van der Waals surface area contributed by atoms with Crippen LogP contribution in [0.1, 0.15) is 38.4 Å². The number of methoxy groups -OCH3 is 1. The number of rotatable bonds is 8. The third-order valence-electron chi connectivity index (χ3n) is 3.61. The highest BCUT2D eigenvalue weighted by atomic mass is 16.5. The maximum Gasteiger partial charge on any atom is 0.161 e. The average Bonchev–Trinajstić information content (AvgIpc) is 3.19. The van der Waals surface area contributed by atoms with Crippen LogP contribution in [0.4, 0.5) is 0 Å². The van der Waals surface area contributed by atoms with Crippen molar-refractivity contribution in [2.75, 3.05) is 13.7 Å². The Bertz CT molecular complexity index is 382. The molecule has 1 heterocycles. The Morgan fingerprint density at radius 1 is 1.53 bits per heavy atom. The van der Waals surface area contributed by atoms with E-state index in [9.17, 15) is 0 Å². The minimum absolute atomic E-state index is 0.0749. The highest BCUT2D eigenvalue weighted by Gasteiger charge is 2.40. The van der Waals surface area contributed by atoms with Gasteiger partial charge >= 0.3 is 0 Å². The first kappa shape index (κ1) is 14.3. The van der Waals surface area contributed by atoms with Crippen molar-refractivity contribution in [1.82, 2.24) is 15.2 Å². The first-order valence-corrected chi connectivity index (χ1v) is 6.94. The van der Waals surface area contributed by atoms with Crippen molar-refractivity contribution in [2.24, 2.45) is 11.8 Å². The van der Waals surface area contributed by atoms with E-state index in [1.807, 2.05) is 11.6 Å². The molecule has 2 atom stereocenters. The van der Waals surface area contributed by atoms with E-state index < -0.39 is 0 Å². The van der Waals surface area contributed by atoms with E-state index in [0.29, 0.717) is 12.5 Å². The number of nitrogens with zero attached hydrogens (tertiary/aromatic N) is 2. The topological polar surface area (TPSA) is 74.3 Å². The Kier molecular flexibility index (Phi) is 4.79. The largest absolute Gasteiger partial charge is 0.493 e. The fourth-order valence-electron chi connectivity index (χ4n) is 2.55. The number of hydrogen-bond donors (Lipinski definition) is 2. The lowest BCUT2D eigenvalue weighted by molar-refractivity contribution is 0.0157. The number of nitrogens with two attached hydrogens (primary N) is 1. The van der Waals surface area contributed by atoms with Crippen LogP contribution in [0.25, 0.3) is 0 Å². The zero-order valence-electron chi connectivity index (χ0n) is 11.9. The summed E-state index contributed by atoms with van der Waals surface area (Å²) in [7, 11) is 1.65. The molecule has 1 aromatic heterocycles. The predicted octanol–water partition coefficient (Wildman–Crippen LogP) is 1.23. The molecule has 6 nitrogen and oxygen atoms in total. The van der Waals surface area contributed by atoms with Gasteiger partial charge in [-0.2, -0.15) is 5.10 Å². The van der Waals surface area contributed by atoms with Crippen molar-refractivity contribution >= 4 is 0 Å². The molecule has 1 aliphatic carbocycles. The number of hydrazine groups is 1. The van der Waals surface area contributed by atoms with Crippen molar-refractivity contribution in [3.63, 3.8) is 0 Å². The second-order valence-electron chi connectivity index (χ2n) is 4.82. The van der Waals surface area contributed by atoms with Gasteiger partial charge in [-0.3, -0.25) is 10.5 Å². The summed E-state index contributed by atoms with van der Waals surface area (Å²) in [5, 5.41) is 4.34. The van der Waals surface area contributed by atoms with E-state index in [0.717, 1.165) is 18.0 Å². The van der Waals surface area contributed by atoms with Crippen LogP contribution in [0.3, 0.4) is 0 Å². The van der Waals surface area contributed by atoms with E-state index in [2.05, 4.69) is 17.4 Å². The molecule has 2 rings (SSSR count). The molecule has 108 valence electrons. The van der Waals surface area contributed by atoms with Gasteiger partial charge in [-0.05, 0) is 32.6 Å². The lowest BCUT2D eigenvalue weighted by Gasteiger charge is -2.27. The molecule has 3 N–H and O–H groups in total. The zero-order valence-corrected chi connectivity index (χ0v) is 11.9. The molecule has 0 aromatic carbocycles. The Balaban J connectivity index is 2.31. The van der Waals surface area contributed by atoms with Crippen LogP contribution in [-0.4, -0.2) is 29.6 Å². The maximum absolute atomic E-state index is 5.90. The average molecular weight is 268 g/mol. The summed E-state index contributed by atoms with van der Waals surface area (Å²) in [5.41, 5.74) is 3.86. The molecular formula is C13H24N4O2. The third-order valence-corrected chi connectivity index (χ3v) is 3.61. The summed E-state index contributed by atoms with van der Waals surface area (Å²) in [6, 6.07) is -0.0927. The van der Waals surface area contributed by atoms with Gasteiger partial charge in [0.25, 0.3) is 0 Å². The number of hydrogen-bond acceptors (Lipinski definition) is 5. The molecule has 0 radical (unpaired) electrons. The molecule has 6 heteroatoms. The van der Waals surface area contributed by atoms with E-state index in [-0.39, 0.29) is 12.1 Å². The van der Waals surface area contributed by atoms with E-state index in [1.165, 1.54) is 12.8 Å². The molecule has 1 fully saturated rings. The first-order chi connectivity index (χ1) is 9.26. The SMILES string of the molecule is CCOC(C1CC1)C(NN)c1c(OC)cnn1CC. The predicted molar refractivity (Wildman–Crippen MR) is 72.7 cm³/mol. The third kappa shape index (κ3) is 2.91. The normalized spacial score (nSPS) is 18.3. The van der Waals surface area contributed by atoms with Crippen LogP contribution in [-0.2, 0) is 11.3 Å². The van der Waals surface area contributed by atoms with Gasteiger partial charge in [0.2, 0.25) is 0 Å². The molecule has 1 aliphatic rings. The monoisotopic (exact) mass is 268 g/mol. The van der Waals surface area contributed by atoms with Crippen molar-refractivity contribution in [3.05, 3.63) is 11.9 Å². The number of aromatic nitrogens is 2. The van der Waals surface area contributed by atoms with Gasteiger partial charge in [-0.1, -0.05) is 0 Å². The van der Waals surface area contributed by atoms with Gasteiger partial charge in [0.05, 0.1) is 25.5 Å². The molecule has 0 amide bonds. The molecule has 0 saturated heterocycles. The van der Waals surface area contributed by atoms with Gasteiger partial charge in [-0.25, -0.2) is 5.43 Å². The molecule has 0 bridgehead atoms. The highest BCUT2D eigenvalue weighted by molar-refractivity contribution is 5.29. The van der Waals surface area contributed by atoms with Crippen LogP contribution in [0, 0.1) is 5.92 Å². The van der Waals surface area contributed by atoms with Gasteiger partial charge in [0, 0.05) is 13.2 Å². The lowest BCUT2D eigenvalue weighted by atomic mass is 10.0. The van der Waals surface area contributed by atoms with E-state index in [4.69, 9.17) is 15.3 Å². The van der Waals surface area contributed by atoms with Gasteiger partial charge in [0.15, 0.2) is 5.75 Å². The van der Waals surface area contributed by atoms with Gasteiger partial charge in [-0.15, -0.1) is 0 Å².